The first-order valence-electron chi connectivity index (χ1n) is 7.63. The number of carbonyl (C=O) groups excluding carboxylic acids is 2. The third-order valence-corrected chi connectivity index (χ3v) is 5.45. The minimum atomic E-state index is -0.171. The number of piperazine rings is 2. The maximum atomic E-state index is 12.4. The molecule has 0 bridgehead atoms. The average Bonchev–Trinajstić information content (AvgIpc) is 2.54. The maximum Gasteiger partial charge on any atom is 0.239 e. The molecule has 2 amide bonds. The Morgan fingerprint density at radius 2 is 2.14 bits per heavy atom. The van der Waals surface area contributed by atoms with E-state index in [4.69, 9.17) is 0 Å². The number of thioether (sulfide) groups is 1. The summed E-state index contributed by atoms with van der Waals surface area (Å²) in [5.41, 5.74) is 1.19. The molecule has 2 aliphatic rings. The number of aryl methyl sites for hydroxylation is 1. The van der Waals surface area contributed by atoms with Crippen LogP contribution in [0.4, 0.5) is 0 Å². The Kier molecular flexibility index (Phi) is 4.69. The number of nitrogens with one attached hydrogen (secondary N) is 1. The highest BCUT2D eigenvalue weighted by atomic mass is 32.2. The van der Waals surface area contributed by atoms with Crippen LogP contribution in [-0.4, -0.2) is 66.1 Å². The van der Waals surface area contributed by atoms with E-state index < -0.39 is 0 Å². The van der Waals surface area contributed by atoms with Crippen LogP contribution < -0.4 is 5.32 Å². The van der Waals surface area contributed by atoms with Gasteiger partial charge in [0.15, 0.2) is 0 Å². The zero-order valence-electron chi connectivity index (χ0n) is 12.7. The number of hydrogen-bond acceptors (Lipinski definition) is 4. The van der Waals surface area contributed by atoms with Crippen LogP contribution in [0.1, 0.15) is 5.56 Å². The highest BCUT2D eigenvalue weighted by molar-refractivity contribution is 8.00. The molecule has 0 radical (unpaired) electrons. The van der Waals surface area contributed by atoms with Crippen molar-refractivity contribution in [2.75, 3.05) is 38.5 Å². The Morgan fingerprint density at radius 3 is 2.95 bits per heavy atom. The van der Waals surface area contributed by atoms with Gasteiger partial charge in [0, 0.05) is 37.6 Å². The van der Waals surface area contributed by atoms with Gasteiger partial charge in [-0.05, 0) is 18.6 Å². The molecule has 0 unspecified atom stereocenters. The summed E-state index contributed by atoms with van der Waals surface area (Å²) < 4.78 is 0. The Labute approximate surface area is 135 Å². The van der Waals surface area contributed by atoms with Gasteiger partial charge in [-0.3, -0.25) is 14.5 Å². The Hall–Kier alpha value is -1.53. The van der Waals surface area contributed by atoms with Crippen LogP contribution in [0, 0.1) is 6.92 Å². The van der Waals surface area contributed by atoms with Gasteiger partial charge in [-0.1, -0.05) is 18.2 Å². The van der Waals surface area contributed by atoms with Crippen molar-refractivity contribution in [1.29, 1.82) is 0 Å². The maximum absolute atomic E-state index is 12.4. The molecule has 1 atom stereocenters. The van der Waals surface area contributed by atoms with E-state index in [9.17, 15) is 9.59 Å². The SMILES string of the molecule is Cc1ccccc1SCC(=O)N1CCN2CCNC(=O)[C@@H]2C1. The quantitative estimate of drug-likeness (QED) is 0.835. The van der Waals surface area contributed by atoms with Crippen molar-refractivity contribution in [2.45, 2.75) is 17.9 Å². The molecule has 2 heterocycles. The number of carbonyl (C=O) groups is 2. The fourth-order valence-electron chi connectivity index (χ4n) is 2.95. The molecular weight excluding hydrogens is 298 g/mol. The van der Waals surface area contributed by atoms with E-state index in [1.54, 1.807) is 11.8 Å². The molecule has 2 aliphatic heterocycles. The predicted octanol–water partition coefficient (Wildman–Crippen LogP) is 0.730. The molecule has 0 saturated carbocycles. The van der Waals surface area contributed by atoms with E-state index in [-0.39, 0.29) is 17.9 Å². The first-order chi connectivity index (χ1) is 10.6. The third-order valence-electron chi connectivity index (χ3n) is 4.29. The second kappa shape index (κ2) is 6.71. The molecule has 22 heavy (non-hydrogen) atoms. The lowest BCUT2D eigenvalue weighted by Crippen LogP contribution is -2.64. The predicted molar refractivity (Wildman–Crippen MR) is 86.9 cm³/mol. The molecule has 2 saturated heterocycles. The molecule has 6 heteroatoms. The molecule has 1 aromatic rings. The van der Waals surface area contributed by atoms with Crippen molar-refractivity contribution in [3.8, 4) is 0 Å². The van der Waals surface area contributed by atoms with Crippen LogP contribution in [0.2, 0.25) is 0 Å². The Balaban J connectivity index is 1.57. The van der Waals surface area contributed by atoms with Crippen LogP contribution in [0.25, 0.3) is 0 Å². The monoisotopic (exact) mass is 319 g/mol. The van der Waals surface area contributed by atoms with Crippen LogP contribution in [0.5, 0.6) is 0 Å². The van der Waals surface area contributed by atoms with Crippen molar-refractivity contribution in [1.82, 2.24) is 15.1 Å². The molecule has 0 aromatic heterocycles. The van der Waals surface area contributed by atoms with E-state index in [0.29, 0.717) is 18.8 Å². The van der Waals surface area contributed by atoms with Crippen LogP contribution >= 0.6 is 11.8 Å². The highest BCUT2D eigenvalue weighted by Gasteiger charge is 2.36. The van der Waals surface area contributed by atoms with Crippen molar-refractivity contribution in [2.24, 2.45) is 0 Å². The van der Waals surface area contributed by atoms with Crippen molar-refractivity contribution < 1.29 is 9.59 Å². The summed E-state index contributed by atoms with van der Waals surface area (Å²) in [5, 5.41) is 2.88. The lowest BCUT2D eigenvalue weighted by molar-refractivity contribution is -0.138. The number of hydrogen-bond donors (Lipinski definition) is 1. The average molecular weight is 319 g/mol. The lowest BCUT2D eigenvalue weighted by Gasteiger charge is -2.43. The van der Waals surface area contributed by atoms with E-state index in [2.05, 4.69) is 23.2 Å². The van der Waals surface area contributed by atoms with Gasteiger partial charge in [0.25, 0.3) is 0 Å². The number of nitrogens with zero attached hydrogens (tertiary/aromatic N) is 2. The smallest absolute Gasteiger partial charge is 0.239 e. The molecule has 1 N–H and O–H groups in total. The summed E-state index contributed by atoms with van der Waals surface area (Å²) in [7, 11) is 0. The zero-order valence-corrected chi connectivity index (χ0v) is 13.6. The first-order valence-corrected chi connectivity index (χ1v) is 8.61. The lowest BCUT2D eigenvalue weighted by atomic mass is 10.1. The van der Waals surface area contributed by atoms with Crippen molar-refractivity contribution >= 4 is 23.6 Å². The normalized spacial score (nSPS) is 22.1. The minimum Gasteiger partial charge on any atom is -0.353 e. The number of benzene rings is 1. The van der Waals surface area contributed by atoms with Gasteiger partial charge in [-0.15, -0.1) is 11.8 Å². The summed E-state index contributed by atoms with van der Waals surface area (Å²) in [6.45, 7) is 5.68. The first kappa shape index (κ1) is 15.4. The van der Waals surface area contributed by atoms with Gasteiger partial charge in [0.05, 0.1) is 5.75 Å². The standard InChI is InChI=1S/C16H21N3O2S/c1-12-4-2-3-5-14(12)22-11-15(20)19-9-8-18-7-6-17-16(21)13(18)10-19/h2-5,13H,6-11H2,1H3,(H,17,21)/t13-/m0/s1. The molecule has 5 nitrogen and oxygen atoms in total. The minimum absolute atomic E-state index is 0.0512. The largest absolute Gasteiger partial charge is 0.353 e. The molecule has 118 valence electrons. The van der Waals surface area contributed by atoms with Crippen LogP contribution in [0.3, 0.4) is 0 Å². The summed E-state index contributed by atoms with van der Waals surface area (Å²) in [6.07, 6.45) is 0. The molecule has 1 aromatic carbocycles. The van der Waals surface area contributed by atoms with Gasteiger partial charge in [-0.25, -0.2) is 0 Å². The van der Waals surface area contributed by atoms with Gasteiger partial charge in [0.2, 0.25) is 11.8 Å². The van der Waals surface area contributed by atoms with Gasteiger partial charge < -0.3 is 10.2 Å². The summed E-state index contributed by atoms with van der Waals surface area (Å²) in [5.74, 6) is 0.598. The fourth-order valence-corrected chi connectivity index (χ4v) is 3.89. The second-order valence-corrected chi connectivity index (χ2v) is 6.75. The van der Waals surface area contributed by atoms with E-state index in [1.165, 1.54) is 5.56 Å². The van der Waals surface area contributed by atoms with Crippen molar-refractivity contribution in [3.05, 3.63) is 29.8 Å². The summed E-state index contributed by atoms with van der Waals surface area (Å²) in [6, 6.07) is 7.92. The molecule has 0 aliphatic carbocycles. The molecule has 3 rings (SSSR count). The third kappa shape index (κ3) is 3.28. The van der Waals surface area contributed by atoms with E-state index >= 15 is 0 Å². The number of fused-ring (bicyclic) bond motifs is 1. The number of amides is 2. The second-order valence-electron chi connectivity index (χ2n) is 5.74. The van der Waals surface area contributed by atoms with Crippen molar-refractivity contribution in [3.63, 3.8) is 0 Å². The van der Waals surface area contributed by atoms with Crippen LogP contribution in [-0.2, 0) is 9.59 Å². The highest BCUT2D eigenvalue weighted by Crippen LogP contribution is 2.22. The zero-order chi connectivity index (χ0) is 15.5. The Morgan fingerprint density at radius 1 is 1.32 bits per heavy atom. The van der Waals surface area contributed by atoms with Gasteiger partial charge >= 0.3 is 0 Å². The van der Waals surface area contributed by atoms with E-state index in [0.717, 1.165) is 24.5 Å². The molecule has 2 fully saturated rings. The van der Waals surface area contributed by atoms with Crippen LogP contribution in [0.15, 0.2) is 29.2 Å². The number of rotatable bonds is 3. The molecule has 0 spiro atoms. The molecular formula is C16H21N3O2S. The Bertz CT molecular complexity index is 578. The fraction of sp³-hybridized carbons (Fsp3) is 0.500. The summed E-state index contributed by atoms with van der Waals surface area (Å²) in [4.78, 5) is 29.5. The van der Waals surface area contributed by atoms with Gasteiger partial charge in [0.1, 0.15) is 6.04 Å². The van der Waals surface area contributed by atoms with E-state index in [1.807, 2.05) is 23.1 Å². The topological polar surface area (TPSA) is 52.7 Å². The summed E-state index contributed by atoms with van der Waals surface area (Å²) >= 11 is 1.57. The van der Waals surface area contributed by atoms with Gasteiger partial charge in [-0.2, -0.15) is 0 Å².